The Bertz CT molecular complexity index is 316. The monoisotopic (exact) mass is 268 g/mol. The van der Waals surface area contributed by atoms with Crippen LogP contribution >= 0.6 is 0 Å². The third kappa shape index (κ3) is 7.83. The largest absolute Gasteiger partial charge is 0.463 e. The molecule has 0 aromatic rings. The van der Waals surface area contributed by atoms with Crippen LogP contribution in [0.5, 0.6) is 0 Å². The Kier molecular flexibility index (Phi) is 9.23. The second-order valence-electron chi connectivity index (χ2n) is 5.31. The molecule has 1 N–H and O–H groups in total. The lowest BCUT2D eigenvalue weighted by Crippen LogP contribution is -2.24. The van der Waals surface area contributed by atoms with Crippen molar-refractivity contribution in [1.29, 1.82) is 0 Å². The zero-order valence-corrected chi connectivity index (χ0v) is 12.8. The molecule has 0 fully saturated rings. The molecule has 0 bridgehead atoms. The van der Waals surface area contributed by atoms with Crippen molar-refractivity contribution in [2.45, 2.75) is 53.6 Å². The van der Waals surface area contributed by atoms with Crippen LogP contribution in [0, 0.1) is 11.8 Å². The minimum absolute atomic E-state index is 0.0840. The van der Waals surface area contributed by atoms with E-state index in [4.69, 9.17) is 4.74 Å². The molecule has 0 aromatic heterocycles. The molecule has 0 aromatic carbocycles. The van der Waals surface area contributed by atoms with Gasteiger partial charge in [-0.15, -0.1) is 0 Å². The molecule has 2 atom stereocenters. The summed E-state index contributed by atoms with van der Waals surface area (Å²) in [6, 6.07) is 0. The van der Waals surface area contributed by atoms with Gasteiger partial charge in [-0.1, -0.05) is 51.8 Å². The number of carbonyl (C=O) groups excluding carboxylic acids is 1. The molecule has 110 valence electrons. The number of rotatable bonds is 8. The summed E-state index contributed by atoms with van der Waals surface area (Å²) in [6.45, 7) is 10.5. The fourth-order valence-electron chi connectivity index (χ4n) is 1.64. The van der Waals surface area contributed by atoms with E-state index in [0.29, 0.717) is 6.61 Å². The Hall–Kier alpha value is -1.09. The third-order valence-electron chi connectivity index (χ3n) is 3.25. The highest BCUT2D eigenvalue weighted by molar-refractivity contribution is 5.82. The SMILES string of the molecule is CCCCOC(=O)/C=C/C=C(\C)[C@@H](C)[C@@H](O)C(C)C. The Labute approximate surface area is 117 Å². The van der Waals surface area contributed by atoms with Gasteiger partial charge in [-0.25, -0.2) is 4.79 Å². The van der Waals surface area contributed by atoms with Crippen molar-refractivity contribution in [2.24, 2.45) is 11.8 Å². The molecule has 3 nitrogen and oxygen atoms in total. The number of aliphatic hydroxyl groups is 1. The topological polar surface area (TPSA) is 46.5 Å². The van der Waals surface area contributed by atoms with Gasteiger partial charge in [-0.3, -0.25) is 0 Å². The van der Waals surface area contributed by atoms with Gasteiger partial charge < -0.3 is 9.84 Å². The summed E-state index contributed by atoms with van der Waals surface area (Å²) in [7, 11) is 0. The van der Waals surface area contributed by atoms with Crippen molar-refractivity contribution in [3.63, 3.8) is 0 Å². The first-order chi connectivity index (χ1) is 8.90. The maximum Gasteiger partial charge on any atom is 0.330 e. The molecule has 0 aliphatic rings. The normalized spacial score (nSPS) is 15.8. The van der Waals surface area contributed by atoms with Crippen LogP contribution < -0.4 is 0 Å². The Morgan fingerprint density at radius 1 is 1.32 bits per heavy atom. The summed E-state index contributed by atoms with van der Waals surface area (Å²) in [5.74, 6) is -0.00309. The van der Waals surface area contributed by atoms with E-state index in [2.05, 4.69) is 6.92 Å². The number of allylic oxidation sites excluding steroid dienone is 2. The molecular formula is C16H28O3. The van der Waals surface area contributed by atoms with E-state index in [9.17, 15) is 9.90 Å². The van der Waals surface area contributed by atoms with Gasteiger partial charge >= 0.3 is 5.97 Å². The fraction of sp³-hybridized carbons (Fsp3) is 0.688. The van der Waals surface area contributed by atoms with Crippen LogP contribution in [0.4, 0.5) is 0 Å². The number of hydrogen-bond acceptors (Lipinski definition) is 3. The zero-order valence-electron chi connectivity index (χ0n) is 12.8. The molecule has 3 heteroatoms. The van der Waals surface area contributed by atoms with Crippen LogP contribution in [0.2, 0.25) is 0 Å². The molecule has 0 radical (unpaired) electrons. The van der Waals surface area contributed by atoms with Crippen molar-refractivity contribution in [3.05, 3.63) is 23.8 Å². The summed E-state index contributed by atoms with van der Waals surface area (Å²) in [5.41, 5.74) is 1.05. The van der Waals surface area contributed by atoms with Crippen LogP contribution in [0.25, 0.3) is 0 Å². The predicted molar refractivity (Wildman–Crippen MR) is 78.8 cm³/mol. The van der Waals surface area contributed by atoms with Gasteiger partial charge in [-0.2, -0.15) is 0 Å². The van der Waals surface area contributed by atoms with Crippen molar-refractivity contribution in [2.75, 3.05) is 6.61 Å². The van der Waals surface area contributed by atoms with E-state index in [-0.39, 0.29) is 23.9 Å². The van der Waals surface area contributed by atoms with Gasteiger partial charge in [0.25, 0.3) is 0 Å². The van der Waals surface area contributed by atoms with Gasteiger partial charge in [0.2, 0.25) is 0 Å². The molecule has 0 spiro atoms. The quantitative estimate of drug-likeness (QED) is 0.317. The van der Waals surface area contributed by atoms with E-state index in [1.807, 2.05) is 33.8 Å². The lowest BCUT2D eigenvalue weighted by molar-refractivity contribution is -0.137. The highest BCUT2D eigenvalue weighted by Crippen LogP contribution is 2.19. The van der Waals surface area contributed by atoms with Crippen LogP contribution in [-0.4, -0.2) is 23.8 Å². The first-order valence-corrected chi connectivity index (χ1v) is 7.09. The maximum atomic E-state index is 11.3. The van der Waals surface area contributed by atoms with E-state index in [0.717, 1.165) is 18.4 Å². The molecule has 0 heterocycles. The molecule has 0 aliphatic heterocycles. The first kappa shape index (κ1) is 17.9. The van der Waals surface area contributed by atoms with Gasteiger partial charge in [0.1, 0.15) is 0 Å². The molecule has 0 amide bonds. The molecule has 0 saturated carbocycles. The number of ether oxygens (including phenoxy) is 1. The molecular weight excluding hydrogens is 240 g/mol. The maximum absolute atomic E-state index is 11.3. The standard InChI is InChI=1S/C16H28O3/c1-6-7-11-19-15(17)10-8-9-13(4)14(5)16(18)12(2)3/h8-10,12,14,16,18H,6-7,11H2,1-5H3/b10-8+,13-9+/t14-,16+/m1/s1. The number of carbonyl (C=O) groups is 1. The van der Waals surface area contributed by atoms with Crippen LogP contribution in [0.3, 0.4) is 0 Å². The smallest absolute Gasteiger partial charge is 0.330 e. The third-order valence-corrected chi connectivity index (χ3v) is 3.25. The Morgan fingerprint density at radius 2 is 1.95 bits per heavy atom. The molecule has 19 heavy (non-hydrogen) atoms. The Morgan fingerprint density at radius 3 is 2.47 bits per heavy atom. The number of aliphatic hydroxyl groups excluding tert-OH is 1. The highest BCUT2D eigenvalue weighted by atomic mass is 16.5. The van der Waals surface area contributed by atoms with E-state index < -0.39 is 0 Å². The van der Waals surface area contributed by atoms with Gasteiger partial charge in [0, 0.05) is 12.0 Å². The second-order valence-corrected chi connectivity index (χ2v) is 5.31. The number of esters is 1. The summed E-state index contributed by atoms with van der Waals surface area (Å²) in [4.78, 5) is 11.3. The lowest BCUT2D eigenvalue weighted by atomic mass is 9.89. The summed E-state index contributed by atoms with van der Waals surface area (Å²) < 4.78 is 5.01. The van der Waals surface area contributed by atoms with Gasteiger partial charge in [0.05, 0.1) is 12.7 Å². The van der Waals surface area contributed by atoms with Crippen molar-refractivity contribution in [1.82, 2.24) is 0 Å². The molecule has 0 rings (SSSR count). The van der Waals surface area contributed by atoms with E-state index in [1.165, 1.54) is 6.08 Å². The van der Waals surface area contributed by atoms with Gasteiger partial charge in [-0.05, 0) is 19.3 Å². The van der Waals surface area contributed by atoms with Crippen LogP contribution in [-0.2, 0) is 9.53 Å². The van der Waals surface area contributed by atoms with Crippen molar-refractivity contribution in [3.8, 4) is 0 Å². The van der Waals surface area contributed by atoms with Crippen molar-refractivity contribution < 1.29 is 14.6 Å². The second kappa shape index (κ2) is 9.79. The van der Waals surface area contributed by atoms with E-state index >= 15 is 0 Å². The molecule has 0 unspecified atom stereocenters. The number of unbranched alkanes of at least 4 members (excludes halogenated alkanes) is 1. The van der Waals surface area contributed by atoms with E-state index in [1.54, 1.807) is 6.08 Å². The summed E-state index contributed by atoms with van der Waals surface area (Å²) in [6.07, 6.45) is 6.52. The van der Waals surface area contributed by atoms with Crippen LogP contribution in [0.15, 0.2) is 23.8 Å². The Balaban J connectivity index is 4.26. The average molecular weight is 268 g/mol. The minimum Gasteiger partial charge on any atom is -0.463 e. The highest BCUT2D eigenvalue weighted by Gasteiger charge is 2.18. The minimum atomic E-state index is -0.360. The average Bonchev–Trinajstić information content (AvgIpc) is 2.37. The molecule has 0 saturated heterocycles. The fourth-order valence-corrected chi connectivity index (χ4v) is 1.64. The first-order valence-electron chi connectivity index (χ1n) is 7.09. The van der Waals surface area contributed by atoms with Crippen molar-refractivity contribution >= 4 is 5.97 Å². The summed E-state index contributed by atoms with van der Waals surface area (Å²) >= 11 is 0. The van der Waals surface area contributed by atoms with Gasteiger partial charge in [0.15, 0.2) is 0 Å². The zero-order chi connectivity index (χ0) is 14.8. The summed E-state index contributed by atoms with van der Waals surface area (Å²) in [5, 5.41) is 9.96. The lowest BCUT2D eigenvalue weighted by Gasteiger charge is -2.22. The van der Waals surface area contributed by atoms with Crippen LogP contribution in [0.1, 0.15) is 47.5 Å². The molecule has 0 aliphatic carbocycles. The predicted octanol–water partition coefficient (Wildman–Crippen LogP) is 3.49. The number of hydrogen-bond donors (Lipinski definition) is 1.